The SMILES string of the molecule is CC1=NN(c2ccc(S(N)(=O)=O)cc2)C(=O)/C1=C\c1ccc(-c2c(Br)cc([N+](=O)[O-])cc2Br)o1. The number of non-ortho nitro benzene ring substituents is 1. The van der Waals surface area contributed by atoms with E-state index in [4.69, 9.17) is 9.56 Å². The van der Waals surface area contributed by atoms with Crippen molar-refractivity contribution < 1.29 is 22.6 Å². The van der Waals surface area contributed by atoms with Crippen molar-refractivity contribution in [2.75, 3.05) is 5.01 Å². The number of anilines is 1. The number of hydrogen-bond donors (Lipinski definition) is 1. The van der Waals surface area contributed by atoms with Crippen LogP contribution in [-0.4, -0.2) is 25.0 Å². The minimum absolute atomic E-state index is 0.0777. The normalized spacial score (nSPS) is 15.2. The molecular formula is C21H14Br2N4O6S. The molecule has 1 aliphatic rings. The molecule has 0 spiro atoms. The average Bonchev–Trinajstić information content (AvgIpc) is 3.32. The number of sulfonamides is 1. The van der Waals surface area contributed by atoms with Crippen molar-refractivity contribution in [2.45, 2.75) is 11.8 Å². The van der Waals surface area contributed by atoms with Gasteiger partial charge in [0.15, 0.2) is 0 Å². The Hall–Kier alpha value is -3.13. The number of nitro benzene ring substituents is 1. The van der Waals surface area contributed by atoms with E-state index in [1.54, 1.807) is 19.1 Å². The second-order valence-corrected chi connectivity index (χ2v) is 10.4. The van der Waals surface area contributed by atoms with Gasteiger partial charge in [-0.05, 0) is 81.3 Å². The Balaban J connectivity index is 1.62. The number of halogens is 2. The van der Waals surface area contributed by atoms with Crippen LogP contribution in [0.4, 0.5) is 11.4 Å². The van der Waals surface area contributed by atoms with Crippen LogP contribution in [-0.2, 0) is 14.8 Å². The van der Waals surface area contributed by atoms with E-state index < -0.39 is 20.9 Å². The Labute approximate surface area is 210 Å². The highest BCUT2D eigenvalue weighted by molar-refractivity contribution is 9.11. The fourth-order valence-electron chi connectivity index (χ4n) is 3.24. The maximum absolute atomic E-state index is 13.0. The lowest BCUT2D eigenvalue weighted by atomic mass is 10.1. The summed E-state index contributed by atoms with van der Waals surface area (Å²) in [7, 11) is -3.86. The molecule has 0 atom stereocenters. The summed E-state index contributed by atoms with van der Waals surface area (Å²) in [5.74, 6) is 0.379. The predicted molar refractivity (Wildman–Crippen MR) is 133 cm³/mol. The number of amides is 1. The third kappa shape index (κ3) is 4.59. The Morgan fingerprint density at radius 2 is 1.74 bits per heavy atom. The molecule has 3 aromatic rings. The monoisotopic (exact) mass is 608 g/mol. The Morgan fingerprint density at radius 1 is 1.12 bits per heavy atom. The van der Waals surface area contributed by atoms with Gasteiger partial charge in [-0.3, -0.25) is 14.9 Å². The topological polar surface area (TPSA) is 149 Å². The molecule has 0 bridgehead atoms. The van der Waals surface area contributed by atoms with Crippen LogP contribution < -0.4 is 10.1 Å². The number of rotatable bonds is 5. The number of carbonyl (C=O) groups excluding carboxylic acids is 1. The molecule has 2 N–H and O–H groups in total. The highest BCUT2D eigenvalue weighted by Gasteiger charge is 2.29. The van der Waals surface area contributed by atoms with Gasteiger partial charge in [-0.25, -0.2) is 13.6 Å². The number of furan rings is 1. The number of nitrogens with two attached hydrogens (primary N) is 1. The lowest BCUT2D eigenvalue weighted by Crippen LogP contribution is -2.21. The maximum atomic E-state index is 13.0. The lowest BCUT2D eigenvalue weighted by Gasteiger charge is -2.12. The van der Waals surface area contributed by atoms with E-state index >= 15 is 0 Å². The van der Waals surface area contributed by atoms with Gasteiger partial charge in [-0.1, -0.05) is 0 Å². The summed E-state index contributed by atoms with van der Waals surface area (Å²) in [5, 5.41) is 21.6. The van der Waals surface area contributed by atoms with Crippen molar-refractivity contribution in [1.29, 1.82) is 0 Å². The molecule has 174 valence electrons. The quantitative estimate of drug-likeness (QED) is 0.249. The molecule has 0 saturated carbocycles. The zero-order valence-electron chi connectivity index (χ0n) is 17.2. The lowest BCUT2D eigenvalue weighted by molar-refractivity contribution is -0.385. The summed E-state index contributed by atoms with van der Waals surface area (Å²) in [6, 6.07) is 11.5. The molecular weight excluding hydrogens is 596 g/mol. The Bertz CT molecular complexity index is 1490. The van der Waals surface area contributed by atoms with Crippen molar-refractivity contribution in [2.24, 2.45) is 10.2 Å². The molecule has 0 fully saturated rings. The van der Waals surface area contributed by atoms with Gasteiger partial charge < -0.3 is 4.42 Å². The molecule has 0 radical (unpaired) electrons. The Morgan fingerprint density at radius 3 is 2.29 bits per heavy atom. The van der Waals surface area contributed by atoms with Crippen molar-refractivity contribution in [3.05, 3.63) is 78.9 Å². The molecule has 0 unspecified atom stereocenters. The number of nitro groups is 1. The minimum atomic E-state index is -3.86. The Kier molecular flexibility index (Phi) is 6.29. The highest BCUT2D eigenvalue weighted by atomic mass is 79.9. The van der Waals surface area contributed by atoms with E-state index in [1.165, 1.54) is 42.5 Å². The number of benzene rings is 2. The van der Waals surface area contributed by atoms with Gasteiger partial charge in [0.1, 0.15) is 11.5 Å². The fourth-order valence-corrected chi connectivity index (χ4v) is 5.31. The number of hydrogen-bond acceptors (Lipinski definition) is 7. The van der Waals surface area contributed by atoms with E-state index in [9.17, 15) is 23.3 Å². The standard InChI is InChI=1S/C21H14Br2N4O6S/c1-11-16(21(28)26(25-11)12-2-5-15(6-3-12)34(24,31)32)10-14-4-7-19(33-14)20-17(22)8-13(27(29)30)9-18(20)23/h2-10H,1H3,(H2,24,31,32)/b16-10-. The van der Waals surface area contributed by atoms with E-state index in [2.05, 4.69) is 37.0 Å². The molecule has 10 nitrogen and oxygen atoms in total. The molecule has 2 heterocycles. The second kappa shape index (κ2) is 8.91. The minimum Gasteiger partial charge on any atom is -0.457 e. The summed E-state index contributed by atoms with van der Waals surface area (Å²) < 4.78 is 29.7. The van der Waals surface area contributed by atoms with Crippen molar-refractivity contribution >= 4 is 71.0 Å². The van der Waals surface area contributed by atoms with Gasteiger partial charge in [0, 0.05) is 26.6 Å². The van der Waals surface area contributed by atoms with Crippen LogP contribution in [0.25, 0.3) is 17.4 Å². The van der Waals surface area contributed by atoms with Crippen LogP contribution in [0, 0.1) is 10.1 Å². The first-order chi connectivity index (χ1) is 16.0. The first-order valence-corrected chi connectivity index (χ1v) is 12.6. The zero-order chi connectivity index (χ0) is 24.8. The van der Waals surface area contributed by atoms with Crippen molar-refractivity contribution in [3.8, 4) is 11.3 Å². The van der Waals surface area contributed by atoms with Gasteiger partial charge in [-0.2, -0.15) is 10.1 Å². The summed E-state index contributed by atoms with van der Waals surface area (Å²) in [4.78, 5) is 23.4. The van der Waals surface area contributed by atoms with Crippen LogP contribution in [0.3, 0.4) is 0 Å². The molecule has 1 aliphatic heterocycles. The second-order valence-electron chi connectivity index (χ2n) is 7.14. The molecule has 1 amide bonds. The molecule has 2 aromatic carbocycles. The number of primary sulfonamides is 1. The van der Waals surface area contributed by atoms with Gasteiger partial charge in [0.25, 0.3) is 11.6 Å². The van der Waals surface area contributed by atoms with E-state index in [0.29, 0.717) is 43.0 Å². The van der Waals surface area contributed by atoms with Crippen molar-refractivity contribution in [1.82, 2.24) is 0 Å². The van der Waals surface area contributed by atoms with Crippen LogP contribution in [0.1, 0.15) is 12.7 Å². The predicted octanol–water partition coefficient (Wildman–Crippen LogP) is 4.83. The third-order valence-electron chi connectivity index (χ3n) is 4.87. The molecule has 4 rings (SSSR count). The highest BCUT2D eigenvalue weighted by Crippen LogP contribution is 2.39. The first-order valence-electron chi connectivity index (χ1n) is 9.44. The smallest absolute Gasteiger partial charge is 0.280 e. The van der Waals surface area contributed by atoms with Gasteiger partial charge in [-0.15, -0.1) is 0 Å². The molecule has 34 heavy (non-hydrogen) atoms. The maximum Gasteiger partial charge on any atom is 0.280 e. The number of nitrogens with zero attached hydrogens (tertiary/aromatic N) is 3. The number of carbonyl (C=O) groups is 1. The van der Waals surface area contributed by atoms with Crippen LogP contribution in [0.15, 0.2) is 77.5 Å². The van der Waals surface area contributed by atoms with Crippen LogP contribution in [0.5, 0.6) is 0 Å². The third-order valence-corrected chi connectivity index (χ3v) is 7.05. The van der Waals surface area contributed by atoms with Crippen molar-refractivity contribution in [3.63, 3.8) is 0 Å². The van der Waals surface area contributed by atoms with Gasteiger partial charge in [0.05, 0.1) is 26.8 Å². The molecule has 0 saturated heterocycles. The zero-order valence-corrected chi connectivity index (χ0v) is 21.2. The van der Waals surface area contributed by atoms with E-state index in [-0.39, 0.29) is 10.6 Å². The summed E-state index contributed by atoms with van der Waals surface area (Å²) in [6.45, 7) is 1.66. The van der Waals surface area contributed by atoms with E-state index in [1.807, 2.05) is 0 Å². The van der Waals surface area contributed by atoms with Gasteiger partial charge in [0.2, 0.25) is 10.0 Å². The molecule has 0 aliphatic carbocycles. The molecule has 1 aromatic heterocycles. The fraction of sp³-hybridized carbons (Fsp3) is 0.0476. The first kappa shape index (κ1) is 24.0. The average molecular weight is 610 g/mol. The number of hydrazone groups is 1. The van der Waals surface area contributed by atoms with E-state index in [0.717, 1.165) is 5.01 Å². The van der Waals surface area contributed by atoms with Crippen LogP contribution >= 0.6 is 31.9 Å². The summed E-state index contributed by atoms with van der Waals surface area (Å²) in [6.07, 6.45) is 1.54. The summed E-state index contributed by atoms with van der Waals surface area (Å²) >= 11 is 6.67. The summed E-state index contributed by atoms with van der Waals surface area (Å²) in [5.41, 5.74) is 1.60. The molecule has 13 heteroatoms. The largest absolute Gasteiger partial charge is 0.457 e. The van der Waals surface area contributed by atoms with Gasteiger partial charge >= 0.3 is 0 Å². The van der Waals surface area contributed by atoms with Crippen LogP contribution in [0.2, 0.25) is 0 Å².